The Morgan fingerprint density at radius 2 is 1.45 bits per heavy atom. The van der Waals surface area contributed by atoms with E-state index >= 15 is 0 Å². The standard InChI is InChI=1S/C44H64O5/c1-7-9-10-11-32-12-14-35(15-13-32)36-16-18-37(19-17-36)38-20-22-39(23-21-38)41-25-24-40(34(8-2)27-41)26-33(28-48-42(46)31(3)4)29-49-43(47)44(5,6)30-45/h12-19,33-34,38-41,45H,3,7-11,20-30H2,1-2,4-6H3. The van der Waals surface area contributed by atoms with Crippen molar-refractivity contribution >= 4 is 11.9 Å². The predicted molar refractivity (Wildman–Crippen MR) is 200 cm³/mol. The van der Waals surface area contributed by atoms with Gasteiger partial charge in [0.05, 0.1) is 25.2 Å². The molecule has 2 aromatic carbocycles. The van der Waals surface area contributed by atoms with Crippen molar-refractivity contribution in [2.45, 2.75) is 124 Å². The van der Waals surface area contributed by atoms with Gasteiger partial charge in [-0.1, -0.05) is 88.2 Å². The molecule has 4 rings (SSSR count). The van der Waals surface area contributed by atoms with Gasteiger partial charge in [0.25, 0.3) is 0 Å². The van der Waals surface area contributed by atoms with E-state index in [0.717, 1.165) is 24.7 Å². The third kappa shape index (κ3) is 11.3. The van der Waals surface area contributed by atoms with Crippen LogP contribution in [0.5, 0.6) is 0 Å². The SMILES string of the molecule is C=C(C)C(=O)OCC(COC(=O)C(C)(C)CO)CC1CCC(C2CCC(c3ccc(-c4ccc(CCCCC)cc4)cc3)CC2)CC1CC. The van der Waals surface area contributed by atoms with Gasteiger partial charge in [0, 0.05) is 11.5 Å². The van der Waals surface area contributed by atoms with E-state index in [0.29, 0.717) is 23.3 Å². The Kier molecular flexibility index (Phi) is 15.0. The molecule has 0 radical (unpaired) electrons. The van der Waals surface area contributed by atoms with E-state index in [2.05, 4.69) is 69.0 Å². The number of ether oxygens (including phenoxy) is 2. The Hall–Kier alpha value is -2.92. The summed E-state index contributed by atoms with van der Waals surface area (Å²) >= 11 is 0. The fraction of sp³-hybridized carbons (Fsp3) is 0.636. The Balaban J connectivity index is 1.28. The molecule has 5 heteroatoms. The first-order chi connectivity index (χ1) is 23.5. The van der Waals surface area contributed by atoms with E-state index in [1.807, 2.05) is 0 Å². The number of rotatable bonds is 17. The van der Waals surface area contributed by atoms with Crippen molar-refractivity contribution in [3.05, 3.63) is 71.8 Å². The average molecular weight is 673 g/mol. The first kappa shape index (κ1) is 38.9. The number of hydrogen-bond acceptors (Lipinski definition) is 5. The van der Waals surface area contributed by atoms with Gasteiger partial charge in [-0.25, -0.2) is 4.79 Å². The molecule has 2 aromatic rings. The first-order valence-corrected chi connectivity index (χ1v) is 19.3. The maximum Gasteiger partial charge on any atom is 0.333 e. The van der Waals surface area contributed by atoms with Crippen LogP contribution in [-0.2, 0) is 25.5 Å². The number of aliphatic hydroxyl groups is 1. The molecule has 0 heterocycles. The largest absolute Gasteiger partial charge is 0.465 e. The summed E-state index contributed by atoms with van der Waals surface area (Å²) in [6.07, 6.45) is 15.9. The van der Waals surface area contributed by atoms with E-state index in [4.69, 9.17) is 9.47 Å². The van der Waals surface area contributed by atoms with Gasteiger partial charge in [0.15, 0.2) is 0 Å². The highest BCUT2D eigenvalue weighted by Gasteiger charge is 2.37. The molecule has 0 spiro atoms. The number of carbonyl (C=O) groups is 2. The van der Waals surface area contributed by atoms with Crippen LogP contribution in [0.2, 0.25) is 0 Å². The molecule has 5 nitrogen and oxygen atoms in total. The minimum atomic E-state index is -0.953. The summed E-state index contributed by atoms with van der Waals surface area (Å²) in [6, 6.07) is 18.6. The number of unbranched alkanes of at least 4 members (excludes halogenated alkanes) is 2. The number of benzene rings is 2. The molecule has 4 unspecified atom stereocenters. The van der Waals surface area contributed by atoms with Gasteiger partial charge in [-0.2, -0.15) is 0 Å². The van der Waals surface area contributed by atoms with Crippen molar-refractivity contribution in [2.75, 3.05) is 19.8 Å². The van der Waals surface area contributed by atoms with E-state index in [9.17, 15) is 14.7 Å². The summed E-state index contributed by atoms with van der Waals surface area (Å²) in [7, 11) is 0. The number of esters is 2. The molecule has 2 aliphatic carbocycles. The summed E-state index contributed by atoms with van der Waals surface area (Å²) in [6.45, 7) is 13.4. The lowest BCUT2D eigenvalue weighted by Gasteiger charge is -2.42. The molecule has 4 atom stereocenters. The van der Waals surface area contributed by atoms with Gasteiger partial charge < -0.3 is 14.6 Å². The second-order valence-corrected chi connectivity index (χ2v) is 16.0. The van der Waals surface area contributed by atoms with E-state index < -0.39 is 17.4 Å². The fourth-order valence-corrected chi connectivity index (χ4v) is 8.30. The van der Waals surface area contributed by atoms with Crippen LogP contribution >= 0.6 is 0 Å². The minimum Gasteiger partial charge on any atom is -0.465 e. The Bertz CT molecular complexity index is 1320. The molecule has 0 aliphatic heterocycles. The average Bonchev–Trinajstić information content (AvgIpc) is 3.13. The predicted octanol–water partition coefficient (Wildman–Crippen LogP) is 10.5. The summed E-state index contributed by atoms with van der Waals surface area (Å²) in [5.74, 6) is 2.48. The highest BCUT2D eigenvalue weighted by Crippen LogP contribution is 2.47. The molecular weight excluding hydrogens is 608 g/mol. The minimum absolute atomic E-state index is 0.0749. The summed E-state index contributed by atoms with van der Waals surface area (Å²) in [4.78, 5) is 24.8. The maximum atomic E-state index is 12.6. The molecule has 1 N–H and O–H groups in total. The molecule has 2 aliphatic rings. The molecule has 2 fully saturated rings. The smallest absolute Gasteiger partial charge is 0.333 e. The van der Waals surface area contributed by atoms with E-state index in [1.54, 1.807) is 20.8 Å². The van der Waals surface area contributed by atoms with Crippen LogP contribution in [0.4, 0.5) is 0 Å². The summed E-state index contributed by atoms with van der Waals surface area (Å²) in [5.41, 5.74) is 4.97. The van der Waals surface area contributed by atoms with Crippen LogP contribution in [-0.4, -0.2) is 36.9 Å². The van der Waals surface area contributed by atoms with Crippen LogP contribution in [0.25, 0.3) is 11.1 Å². The van der Waals surface area contributed by atoms with Gasteiger partial charge in [-0.15, -0.1) is 0 Å². The highest BCUT2D eigenvalue weighted by molar-refractivity contribution is 5.86. The zero-order chi connectivity index (χ0) is 35.4. The number of hydrogen-bond donors (Lipinski definition) is 1. The highest BCUT2D eigenvalue weighted by atomic mass is 16.5. The molecule has 49 heavy (non-hydrogen) atoms. The zero-order valence-corrected chi connectivity index (χ0v) is 31.2. The van der Waals surface area contributed by atoms with Crippen molar-refractivity contribution in [2.24, 2.45) is 35.0 Å². The third-order valence-corrected chi connectivity index (χ3v) is 11.7. The Labute approximate surface area is 297 Å². The van der Waals surface area contributed by atoms with Crippen molar-refractivity contribution in [1.82, 2.24) is 0 Å². The van der Waals surface area contributed by atoms with Crippen LogP contribution in [0.15, 0.2) is 60.7 Å². The zero-order valence-electron chi connectivity index (χ0n) is 31.2. The van der Waals surface area contributed by atoms with Crippen molar-refractivity contribution in [1.29, 1.82) is 0 Å². The van der Waals surface area contributed by atoms with Gasteiger partial charge in [0.2, 0.25) is 0 Å². The van der Waals surface area contributed by atoms with Gasteiger partial charge in [-0.05, 0) is 137 Å². The van der Waals surface area contributed by atoms with Crippen molar-refractivity contribution < 1.29 is 24.2 Å². The number of aliphatic hydroxyl groups excluding tert-OH is 1. The van der Waals surface area contributed by atoms with Crippen molar-refractivity contribution in [3.8, 4) is 11.1 Å². The molecule has 0 amide bonds. The normalized spacial score (nSPS) is 23.4. The van der Waals surface area contributed by atoms with E-state index in [-0.39, 0.29) is 25.7 Å². The Morgan fingerprint density at radius 3 is 2.04 bits per heavy atom. The van der Waals surface area contributed by atoms with Crippen LogP contribution in [0.1, 0.15) is 129 Å². The topological polar surface area (TPSA) is 72.8 Å². The molecule has 0 saturated heterocycles. The lowest BCUT2D eigenvalue weighted by atomic mass is 9.63. The molecule has 0 aromatic heterocycles. The van der Waals surface area contributed by atoms with Crippen LogP contribution in [0, 0.1) is 35.0 Å². The monoisotopic (exact) mass is 672 g/mol. The molecule has 0 bridgehead atoms. The lowest BCUT2D eigenvalue weighted by molar-refractivity contribution is -0.159. The number of aryl methyl sites for hydroxylation is 1. The second-order valence-electron chi connectivity index (χ2n) is 16.0. The van der Waals surface area contributed by atoms with Gasteiger partial charge in [0.1, 0.15) is 0 Å². The van der Waals surface area contributed by atoms with Crippen LogP contribution in [0.3, 0.4) is 0 Å². The summed E-state index contributed by atoms with van der Waals surface area (Å²) in [5, 5.41) is 9.60. The van der Waals surface area contributed by atoms with Gasteiger partial charge in [-0.3, -0.25) is 4.79 Å². The van der Waals surface area contributed by atoms with E-state index in [1.165, 1.54) is 92.9 Å². The quantitative estimate of drug-likeness (QED) is 0.103. The van der Waals surface area contributed by atoms with Crippen molar-refractivity contribution in [3.63, 3.8) is 0 Å². The second kappa shape index (κ2) is 18.9. The fourth-order valence-electron chi connectivity index (χ4n) is 8.30. The maximum absolute atomic E-state index is 12.6. The third-order valence-electron chi connectivity index (χ3n) is 11.7. The molecule has 2 saturated carbocycles. The lowest BCUT2D eigenvalue weighted by Crippen LogP contribution is -2.35. The first-order valence-electron chi connectivity index (χ1n) is 19.3. The summed E-state index contributed by atoms with van der Waals surface area (Å²) < 4.78 is 11.2. The van der Waals surface area contributed by atoms with Crippen LogP contribution < -0.4 is 0 Å². The molecular formula is C44H64O5. The Morgan fingerprint density at radius 1 is 0.837 bits per heavy atom. The molecule has 270 valence electrons. The van der Waals surface area contributed by atoms with Gasteiger partial charge >= 0.3 is 11.9 Å². The number of carbonyl (C=O) groups excluding carboxylic acids is 2.